The van der Waals surface area contributed by atoms with Crippen LogP contribution in [0.3, 0.4) is 0 Å². The van der Waals surface area contributed by atoms with Gasteiger partial charge in [0.15, 0.2) is 0 Å². The van der Waals surface area contributed by atoms with Crippen molar-refractivity contribution in [2.45, 2.75) is 19.0 Å². The van der Waals surface area contributed by atoms with Crippen molar-refractivity contribution in [1.82, 2.24) is 9.88 Å². The zero-order valence-corrected chi connectivity index (χ0v) is 19.1. The second kappa shape index (κ2) is 10.0. The molecule has 32 heavy (non-hydrogen) atoms. The van der Waals surface area contributed by atoms with E-state index in [1.54, 1.807) is 12.4 Å². The molecule has 5 nitrogen and oxygen atoms in total. The Morgan fingerprint density at radius 3 is 2.81 bits per heavy atom. The molecular formula is C26H29N5S. The monoisotopic (exact) mass is 443 g/mol. The van der Waals surface area contributed by atoms with Crippen LogP contribution in [0, 0.1) is 5.41 Å². The van der Waals surface area contributed by atoms with Crippen LogP contribution in [-0.2, 0) is 6.54 Å². The highest BCUT2D eigenvalue weighted by Gasteiger charge is 2.20. The van der Waals surface area contributed by atoms with Gasteiger partial charge in [-0.1, -0.05) is 36.4 Å². The number of rotatable bonds is 7. The summed E-state index contributed by atoms with van der Waals surface area (Å²) in [5, 5.41) is 8.67. The van der Waals surface area contributed by atoms with E-state index in [0.717, 1.165) is 23.2 Å². The van der Waals surface area contributed by atoms with Gasteiger partial charge in [0.05, 0.1) is 11.4 Å². The third-order valence-electron chi connectivity index (χ3n) is 5.84. The average molecular weight is 444 g/mol. The van der Waals surface area contributed by atoms with Crippen LogP contribution < -0.4 is 11.5 Å². The smallest absolute Gasteiger partial charge is 0.0862 e. The largest absolute Gasteiger partial charge is 0.398 e. The molecule has 3 aromatic rings. The van der Waals surface area contributed by atoms with E-state index < -0.39 is 0 Å². The van der Waals surface area contributed by atoms with Crippen LogP contribution in [0.2, 0.25) is 0 Å². The summed E-state index contributed by atoms with van der Waals surface area (Å²) in [6.45, 7) is 0.907. The van der Waals surface area contributed by atoms with Gasteiger partial charge in [0.25, 0.3) is 0 Å². The Morgan fingerprint density at radius 2 is 2.06 bits per heavy atom. The number of benzene rings is 2. The Balaban J connectivity index is 1.53. The number of aromatic nitrogens is 1. The van der Waals surface area contributed by atoms with Crippen molar-refractivity contribution in [2.24, 2.45) is 5.73 Å². The topological polar surface area (TPSA) is 92.0 Å². The SMILES string of the molecule is CN(Cc1cccc(/C=C(\N)C(=N)c2cc(-c3cccnc3)ccc2N)c1)C1CCSC1. The van der Waals surface area contributed by atoms with Gasteiger partial charge in [0.2, 0.25) is 0 Å². The van der Waals surface area contributed by atoms with Gasteiger partial charge in [-0.25, -0.2) is 0 Å². The zero-order valence-electron chi connectivity index (χ0n) is 18.3. The minimum atomic E-state index is 0.221. The molecule has 0 radical (unpaired) electrons. The van der Waals surface area contributed by atoms with Crippen molar-refractivity contribution in [1.29, 1.82) is 5.41 Å². The summed E-state index contributed by atoms with van der Waals surface area (Å²) in [6.07, 6.45) is 6.64. The molecule has 1 atom stereocenters. The molecule has 0 spiro atoms. The van der Waals surface area contributed by atoms with Crippen LogP contribution in [0.4, 0.5) is 5.69 Å². The van der Waals surface area contributed by atoms with Gasteiger partial charge in [-0.05, 0) is 60.2 Å². The van der Waals surface area contributed by atoms with Crippen LogP contribution in [0.25, 0.3) is 17.2 Å². The maximum Gasteiger partial charge on any atom is 0.0862 e. The molecular weight excluding hydrogens is 414 g/mol. The predicted molar refractivity (Wildman–Crippen MR) is 137 cm³/mol. The number of allylic oxidation sites excluding steroid dienone is 1. The van der Waals surface area contributed by atoms with E-state index >= 15 is 0 Å². The highest BCUT2D eigenvalue weighted by molar-refractivity contribution is 7.99. The van der Waals surface area contributed by atoms with E-state index in [1.165, 1.54) is 23.5 Å². The maximum atomic E-state index is 8.67. The van der Waals surface area contributed by atoms with Crippen molar-refractivity contribution < 1.29 is 0 Å². The minimum Gasteiger partial charge on any atom is -0.398 e. The van der Waals surface area contributed by atoms with E-state index in [0.29, 0.717) is 23.0 Å². The number of nitrogens with one attached hydrogen (secondary N) is 1. The summed E-state index contributed by atoms with van der Waals surface area (Å²) in [6, 6.07) is 18.5. The fourth-order valence-corrected chi connectivity index (χ4v) is 5.26. The lowest BCUT2D eigenvalue weighted by atomic mass is 9.98. The first-order valence-electron chi connectivity index (χ1n) is 10.7. The molecule has 2 aromatic carbocycles. The van der Waals surface area contributed by atoms with Gasteiger partial charge in [-0.3, -0.25) is 15.3 Å². The van der Waals surface area contributed by atoms with Crippen LogP contribution in [-0.4, -0.2) is 40.2 Å². The Bertz CT molecular complexity index is 1120. The molecule has 0 aliphatic carbocycles. The van der Waals surface area contributed by atoms with E-state index in [1.807, 2.05) is 60.3 Å². The number of pyridine rings is 1. The molecule has 1 fully saturated rings. The lowest BCUT2D eigenvalue weighted by Gasteiger charge is -2.23. The van der Waals surface area contributed by atoms with Crippen molar-refractivity contribution in [3.05, 3.63) is 89.4 Å². The van der Waals surface area contributed by atoms with Gasteiger partial charge >= 0.3 is 0 Å². The van der Waals surface area contributed by atoms with Gasteiger partial charge in [-0.15, -0.1) is 0 Å². The predicted octanol–water partition coefficient (Wildman–Crippen LogP) is 4.64. The number of thioether (sulfide) groups is 1. The van der Waals surface area contributed by atoms with Crippen molar-refractivity contribution in [3.63, 3.8) is 0 Å². The van der Waals surface area contributed by atoms with Gasteiger partial charge in [0.1, 0.15) is 0 Å². The standard InChI is InChI=1S/C26H29N5S/c1-31(22-9-11-32-17-22)16-19-5-2-4-18(12-19)13-25(28)26(29)23-14-20(7-8-24(23)27)21-6-3-10-30-15-21/h2-8,10,12-15,22,29H,9,11,16-17,27-28H2,1H3/b25-13-,29-26?. The fourth-order valence-electron chi connectivity index (χ4n) is 3.96. The first kappa shape index (κ1) is 22.1. The van der Waals surface area contributed by atoms with E-state index in [4.69, 9.17) is 16.9 Å². The Kier molecular flexibility index (Phi) is 6.93. The van der Waals surface area contributed by atoms with Gasteiger partial charge in [-0.2, -0.15) is 11.8 Å². The molecule has 164 valence electrons. The Labute approximate surface area is 194 Å². The number of nitrogens with two attached hydrogens (primary N) is 2. The highest BCUT2D eigenvalue weighted by Crippen LogP contribution is 2.25. The van der Waals surface area contributed by atoms with Gasteiger partial charge in [0, 0.05) is 47.5 Å². The third kappa shape index (κ3) is 5.21. The van der Waals surface area contributed by atoms with Crippen LogP contribution in [0.1, 0.15) is 23.1 Å². The molecule has 6 heteroatoms. The second-order valence-corrected chi connectivity index (χ2v) is 9.35. The van der Waals surface area contributed by atoms with Crippen LogP contribution in [0.5, 0.6) is 0 Å². The Morgan fingerprint density at radius 1 is 1.19 bits per heavy atom. The molecule has 0 bridgehead atoms. The van der Waals surface area contributed by atoms with Crippen LogP contribution >= 0.6 is 11.8 Å². The molecule has 2 heterocycles. The molecule has 4 rings (SSSR count). The second-order valence-electron chi connectivity index (χ2n) is 8.20. The molecule has 1 saturated heterocycles. The van der Waals surface area contributed by atoms with E-state index in [2.05, 4.69) is 29.1 Å². The van der Waals surface area contributed by atoms with Gasteiger partial charge < -0.3 is 11.5 Å². The molecule has 0 amide bonds. The average Bonchev–Trinajstić information content (AvgIpc) is 3.35. The number of hydrogen-bond donors (Lipinski definition) is 3. The minimum absolute atomic E-state index is 0.221. The molecule has 1 unspecified atom stereocenters. The zero-order chi connectivity index (χ0) is 22.5. The van der Waals surface area contributed by atoms with Crippen molar-refractivity contribution in [2.75, 3.05) is 24.3 Å². The molecule has 1 aliphatic heterocycles. The van der Waals surface area contributed by atoms with Crippen molar-refractivity contribution >= 4 is 29.2 Å². The van der Waals surface area contributed by atoms with E-state index in [-0.39, 0.29) is 5.71 Å². The molecule has 1 aliphatic rings. The first-order valence-corrected chi connectivity index (χ1v) is 11.9. The first-order chi connectivity index (χ1) is 15.5. The summed E-state index contributed by atoms with van der Waals surface area (Å²) in [4.78, 5) is 6.61. The van der Waals surface area contributed by atoms with E-state index in [9.17, 15) is 0 Å². The maximum absolute atomic E-state index is 8.67. The summed E-state index contributed by atoms with van der Waals surface area (Å²) in [5.74, 6) is 2.46. The number of anilines is 1. The fraction of sp³-hybridized carbons (Fsp3) is 0.231. The number of nitrogens with zero attached hydrogens (tertiary/aromatic N) is 2. The normalized spacial score (nSPS) is 16.4. The number of nitrogen functional groups attached to an aromatic ring is 1. The van der Waals surface area contributed by atoms with Crippen LogP contribution in [0.15, 0.2) is 72.7 Å². The summed E-state index contributed by atoms with van der Waals surface area (Å²) < 4.78 is 0. The quantitative estimate of drug-likeness (QED) is 0.366. The Hall–Kier alpha value is -3.09. The molecule has 5 N–H and O–H groups in total. The molecule has 0 saturated carbocycles. The number of hydrogen-bond acceptors (Lipinski definition) is 6. The lowest BCUT2D eigenvalue weighted by Crippen LogP contribution is -2.30. The summed E-state index contributed by atoms with van der Waals surface area (Å²) in [5.41, 5.74) is 18.5. The molecule has 1 aromatic heterocycles. The van der Waals surface area contributed by atoms with Crippen molar-refractivity contribution in [3.8, 4) is 11.1 Å². The summed E-state index contributed by atoms with van der Waals surface area (Å²) in [7, 11) is 2.20. The lowest BCUT2D eigenvalue weighted by molar-refractivity contribution is 0.254. The highest BCUT2D eigenvalue weighted by atomic mass is 32.2. The summed E-state index contributed by atoms with van der Waals surface area (Å²) >= 11 is 2.03. The third-order valence-corrected chi connectivity index (χ3v) is 6.99.